The smallest absolute Gasteiger partial charge is 0.402 e. The van der Waals surface area contributed by atoms with Crippen LogP contribution in [-0.2, 0) is 39.2 Å². The number of hydrogen-bond acceptors (Lipinski definition) is 13. The quantitative estimate of drug-likeness (QED) is 0.0440. The van der Waals surface area contributed by atoms with Gasteiger partial charge in [-0.05, 0) is 68.3 Å². The Morgan fingerprint density at radius 1 is 0.922 bits per heavy atom. The summed E-state index contributed by atoms with van der Waals surface area (Å²) >= 11 is 6.47. The first-order chi connectivity index (χ1) is 30.9. The van der Waals surface area contributed by atoms with Crippen molar-refractivity contribution in [3.05, 3.63) is 88.6 Å². The summed E-state index contributed by atoms with van der Waals surface area (Å²) in [6, 6.07) is 18.1. The molecule has 2 aromatic heterocycles. The zero-order chi connectivity index (χ0) is 45.6. The molecule has 2 aliphatic heterocycles. The van der Waals surface area contributed by atoms with Crippen molar-refractivity contribution in [2.45, 2.75) is 159 Å². The highest BCUT2D eigenvalue weighted by Gasteiger charge is 2.65. The van der Waals surface area contributed by atoms with Crippen LogP contribution in [0.2, 0.25) is 5.02 Å². The maximum Gasteiger partial charge on any atom is 0.530 e. The molecule has 4 heterocycles. The molecule has 0 aliphatic carbocycles. The predicted octanol–water partition coefficient (Wildman–Crippen LogP) is 11.5. The highest BCUT2D eigenvalue weighted by atomic mass is 35.5. The lowest BCUT2D eigenvalue weighted by Gasteiger charge is -2.30. The van der Waals surface area contributed by atoms with E-state index in [1.54, 1.807) is 54.8 Å². The summed E-state index contributed by atoms with van der Waals surface area (Å²) in [5.74, 6) is -1.41. The number of hydrogen-bond donors (Lipinski definition) is 1. The molecular formula is C47H61ClFN6O8P. The van der Waals surface area contributed by atoms with Gasteiger partial charge < -0.3 is 29.2 Å². The van der Waals surface area contributed by atoms with Gasteiger partial charge in [0.05, 0.1) is 41.7 Å². The monoisotopic (exact) mass is 922 g/mol. The Kier molecular flexibility index (Phi) is 18.0. The number of nitrogens with two attached hydrogens (primary N) is 1. The summed E-state index contributed by atoms with van der Waals surface area (Å²) in [5, 5.41) is 24.8. The number of phosphoric acid groups is 1. The van der Waals surface area contributed by atoms with E-state index in [1.165, 1.54) is 82.7 Å². The van der Waals surface area contributed by atoms with Crippen LogP contribution in [0.1, 0.15) is 140 Å². The Morgan fingerprint density at radius 3 is 2.28 bits per heavy atom. The van der Waals surface area contributed by atoms with Crippen LogP contribution in [0, 0.1) is 28.5 Å². The van der Waals surface area contributed by atoms with Gasteiger partial charge in [0.15, 0.2) is 11.6 Å². The van der Waals surface area contributed by atoms with E-state index in [1.807, 2.05) is 6.07 Å². The molecule has 2 aliphatic rings. The lowest BCUT2D eigenvalue weighted by Crippen LogP contribution is -2.46. The third kappa shape index (κ3) is 13.2. The number of rotatable bonds is 27. The first-order valence-electron chi connectivity index (χ1n) is 22.6. The van der Waals surface area contributed by atoms with Gasteiger partial charge in [0.2, 0.25) is 5.60 Å². The van der Waals surface area contributed by atoms with Crippen LogP contribution < -0.4 is 10.3 Å². The van der Waals surface area contributed by atoms with Crippen molar-refractivity contribution in [2.24, 2.45) is 0 Å². The van der Waals surface area contributed by atoms with Gasteiger partial charge in [-0.25, -0.2) is 18.5 Å². The van der Waals surface area contributed by atoms with Gasteiger partial charge in [0, 0.05) is 0 Å². The molecule has 0 bridgehead atoms. The SMILES string of the molecule is CCCCCCCCCCCCCCCC[C@@H](COP(=O)(OC[C@@]1(C#N)O[C@@H](c2ccc3c(N)ncnn23)[C@@H]2OC(C)(C)O[C@@H]21)Oc1ccccc1Cl)OCc1cc(F)cc(C#N)c1. The predicted molar refractivity (Wildman–Crippen MR) is 240 cm³/mol. The fourth-order valence-corrected chi connectivity index (χ4v) is 9.77. The molecule has 2 fully saturated rings. The lowest BCUT2D eigenvalue weighted by molar-refractivity contribution is -0.204. The number of unbranched alkanes of at least 4 members (excludes halogenated alkanes) is 13. The van der Waals surface area contributed by atoms with E-state index in [0.717, 1.165) is 31.7 Å². The third-order valence-electron chi connectivity index (χ3n) is 11.6. The number of ether oxygens (including phenoxy) is 4. The van der Waals surface area contributed by atoms with Crippen molar-refractivity contribution in [2.75, 3.05) is 18.9 Å². The van der Waals surface area contributed by atoms with Crippen LogP contribution in [0.25, 0.3) is 5.52 Å². The number of anilines is 1. The van der Waals surface area contributed by atoms with Gasteiger partial charge in [0.25, 0.3) is 0 Å². The zero-order valence-corrected chi connectivity index (χ0v) is 38.7. The second kappa shape index (κ2) is 23.3. The molecule has 1 unspecified atom stereocenters. The van der Waals surface area contributed by atoms with Gasteiger partial charge >= 0.3 is 7.82 Å². The number of phosphoric ester groups is 1. The molecule has 6 atom stereocenters. The molecule has 2 aromatic carbocycles. The maximum atomic E-state index is 14.9. The van der Waals surface area contributed by atoms with Crippen molar-refractivity contribution in [3.63, 3.8) is 0 Å². The number of nitriles is 2. The number of fused-ring (bicyclic) bond motifs is 2. The number of benzene rings is 2. The molecule has 0 radical (unpaired) electrons. The Hall–Kier alpha value is -4.15. The second-order valence-electron chi connectivity index (χ2n) is 17.1. The molecule has 4 aromatic rings. The van der Waals surface area contributed by atoms with Crippen molar-refractivity contribution >= 4 is 30.8 Å². The minimum Gasteiger partial charge on any atom is -0.402 e. The molecular weight excluding hydrogens is 862 g/mol. The van der Waals surface area contributed by atoms with Crippen LogP contribution in [0.3, 0.4) is 0 Å². The molecule has 2 saturated heterocycles. The van der Waals surface area contributed by atoms with Crippen molar-refractivity contribution in [1.82, 2.24) is 14.6 Å². The first kappa shape index (κ1) is 49.3. The van der Waals surface area contributed by atoms with Crippen LogP contribution in [0.5, 0.6) is 5.75 Å². The molecule has 17 heteroatoms. The molecule has 6 rings (SSSR count). The molecule has 2 N–H and O–H groups in total. The van der Waals surface area contributed by atoms with E-state index in [4.69, 9.17) is 49.9 Å². The molecule has 346 valence electrons. The summed E-state index contributed by atoms with van der Waals surface area (Å²) in [6.07, 6.45) is 15.3. The number of nitrogens with zero attached hydrogens (tertiary/aromatic N) is 5. The van der Waals surface area contributed by atoms with Gasteiger partial charge in [-0.15, -0.1) is 0 Å². The van der Waals surface area contributed by atoms with E-state index >= 15 is 0 Å². The number of aromatic nitrogens is 3. The van der Waals surface area contributed by atoms with Crippen molar-refractivity contribution in [3.8, 4) is 17.9 Å². The van der Waals surface area contributed by atoms with Crippen LogP contribution in [0.15, 0.2) is 60.9 Å². The first-order valence-corrected chi connectivity index (χ1v) is 24.4. The summed E-state index contributed by atoms with van der Waals surface area (Å²) in [5.41, 5.74) is 5.91. The van der Waals surface area contributed by atoms with E-state index in [0.29, 0.717) is 23.2 Å². The van der Waals surface area contributed by atoms with Crippen LogP contribution >= 0.6 is 19.4 Å². The standard InChI is InChI=1S/C47H61ClFN6O8P/c1-4-5-6-7-8-9-10-11-12-13-14-15-16-17-20-37(57-29-35-25-34(28-50)26-36(49)27-35)30-58-64(56,63-41-22-19-18-21-38(41)48)59-32-47(31-51)44-43(60-46(2,3)62-44)42(61-47)39-23-24-40-45(52)53-33-54-55(39)40/h18-19,21-27,33,37,42-44H,4-17,20,29-30,32H2,1-3H3,(H2,52,53,54)/t37-,42-,43-,44-,47+,64?/m0/s1. The number of halogens is 2. The normalized spacial score (nSPS) is 21.6. The minimum atomic E-state index is -4.65. The van der Waals surface area contributed by atoms with E-state index in [-0.39, 0.29) is 35.4 Å². The summed E-state index contributed by atoms with van der Waals surface area (Å²) in [6.45, 7) is 4.75. The van der Waals surface area contributed by atoms with Gasteiger partial charge in [0.1, 0.15) is 54.4 Å². The van der Waals surface area contributed by atoms with E-state index < -0.39 is 56.1 Å². The van der Waals surface area contributed by atoms with E-state index in [2.05, 4.69) is 23.1 Å². The van der Waals surface area contributed by atoms with Crippen LogP contribution in [-0.4, -0.2) is 57.5 Å². The molecule has 0 spiro atoms. The van der Waals surface area contributed by atoms with E-state index in [9.17, 15) is 19.5 Å². The van der Waals surface area contributed by atoms with Gasteiger partial charge in [-0.3, -0.25) is 9.05 Å². The second-order valence-corrected chi connectivity index (χ2v) is 19.1. The fraction of sp³-hybridized carbons (Fsp3) is 0.574. The Balaban J connectivity index is 1.14. The molecule has 0 saturated carbocycles. The Labute approximate surface area is 381 Å². The highest BCUT2D eigenvalue weighted by Crippen LogP contribution is 2.55. The Bertz CT molecular complexity index is 2270. The summed E-state index contributed by atoms with van der Waals surface area (Å²) in [4.78, 5) is 4.07. The number of nitrogen functional groups attached to an aromatic ring is 1. The third-order valence-corrected chi connectivity index (χ3v) is 13.2. The van der Waals surface area contributed by atoms with Crippen LogP contribution in [0.4, 0.5) is 10.2 Å². The fourth-order valence-electron chi connectivity index (χ4n) is 8.26. The van der Waals surface area contributed by atoms with Crippen molar-refractivity contribution in [1.29, 1.82) is 10.5 Å². The highest BCUT2D eigenvalue weighted by molar-refractivity contribution is 7.49. The number of para-hydroxylation sites is 1. The van der Waals surface area contributed by atoms with Gasteiger partial charge in [-0.1, -0.05) is 121 Å². The summed E-state index contributed by atoms with van der Waals surface area (Å²) in [7, 11) is -4.65. The maximum absolute atomic E-state index is 14.9. The molecule has 64 heavy (non-hydrogen) atoms. The van der Waals surface area contributed by atoms with Gasteiger partial charge in [-0.2, -0.15) is 15.6 Å². The average molecular weight is 923 g/mol. The lowest BCUT2D eigenvalue weighted by atomic mass is 9.96. The topological polar surface area (TPSA) is 185 Å². The van der Waals surface area contributed by atoms with Crippen molar-refractivity contribution < 1.29 is 41.5 Å². The Morgan fingerprint density at radius 2 is 1.61 bits per heavy atom. The zero-order valence-electron chi connectivity index (χ0n) is 37.1. The summed E-state index contributed by atoms with van der Waals surface area (Å²) < 4.78 is 74.3. The molecule has 0 amide bonds. The minimum absolute atomic E-state index is 0.0216. The molecule has 14 nitrogen and oxygen atoms in total. The average Bonchev–Trinajstić information content (AvgIpc) is 3.94. The largest absolute Gasteiger partial charge is 0.530 e.